The minimum atomic E-state index is -0.0592. The molecule has 0 bridgehead atoms. The van der Waals surface area contributed by atoms with Gasteiger partial charge in [-0.05, 0) is 30.5 Å². The molecule has 2 aromatic carbocycles. The number of nitrogens with one attached hydrogen (secondary N) is 1. The van der Waals surface area contributed by atoms with Crippen molar-refractivity contribution >= 4 is 5.91 Å². The number of ether oxygens (including phenoxy) is 1. The SMILES string of the molecule is O=C(COc1ccccc1)NCC1(c2ccccc2)CCCC1. The number of carbonyl (C=O) groups excluding carboxylic acids is 1. The van der Waals surface area contributed by atoms with Gasteiger partial charge in [-0.1, -0.05) is 61.4 Å². The van der Waals surface area contributed by atoms with Gasteiger partial charge in [0.05, 0.1) is 0 Å². The Hall–Kier alpha value is -2.29. The van der Waals surface area contributed by atoms with E-state index in [9.17, 15) is 4.79 Å². The Balaban J connectivity index is 1.56. The highest BCUT2D eigenvalue weighted by atomic mass is 16.5. The Labute approximate surface area is 137 Å². The minimum Gasteiger partial charge on any atom is -0.484 e. The zero-order valence-electron chi connectivity index (χ0n) is 13.3. The second-order valence-corrected chi connectivity index (χ2v) is 6.23. The fourth-order valence-corrected chi connectivity index (χ4v) is 3.40. The zero-order chi connectivity index (χ0) is 16.0. The first-order valence-electron chi connectivity index (χ1n) is 8.29. The van der Waals surface area contributed by atoms with Gasteiger partial charge in [-0.2, -0.15) is 0 Å². The molecule has 1 amide bonds. The van der Waals surface area contributed by atoms with Crippen LogP contribution in [0.1, 0.15) is 31.2 Å². The second kappa shape index (κ2) is 7.32. The summed E-state index contributed by atoms with van der Waals surface area (Å²) >= 11 is 0. The van der Waals surface area contributed by atoms with E-state index in [1.54, 1.807) is 0 Å². The third-order valence-electron chi connectivity index (χ3n) is 4.68. The van der Waals surface area contributed by atoms with Crippen LogP contribution in [0.25, 0.3) is 0 Å². The predicted molar refractivity (Wildman–Crippen MR) is 91.5 cm³/mol. The number of amides is 1. The van der Waals surface area contributed by atoms with E-state index in [0.29, 0.717) is 6.54 Å². The van der Waals surface area contributed by atoms with Gasteiger partial charge in [0, 0.05) is 12.0 Å². The Morgan fingerprint density at radius 1 is 0.957 bits per heavy atom. The van der Waals surface area contributed by atoms with Crippen molar-refractivity contribution in [2.24, 2.45) is 0 Å². The molecule has 1 fully saturated rings. The van der Waals surface area contributed by atoms with Crippen LogP contribution in [0.4, 0.5) is 0 Å². The lowest BCUT2D eigenvalue weighted by Gasteiger charge is -2.30. The average molecular weight is 309 g/mol. The van der Waals surface area contributed by atoms with Gasteiger partial charge < -0.3 is 10.1 Å². The Morgan fingerprint density at radius 2 is 1.57 bits per heavy atom. The van der Waals surface area contributed by atoms with Crippen LogP contribution in [-0.4, -0.2) is 19.1 Å². The zero-order valence-corrected chi connectivity index (χ0v) is 13.3. The molecule has 1 aliphatic carbocycles. The molecule has 0 spiro atoms. The molecule has 1 N–H and O–H groups in total. The van der Waals surface area contributed by atoms with Gasteiger partial charge >= 0.3 is 0 Å². The lowest BCUT2D eigenvalue weighted by atomic mass is 9.79. The summed E-state index contributed by atoms with van der Waals surface area (Å²) in [4.78, 5) is 12.1. The third-order valence-corrected chi connectivity index (χ3v) is 4.68. The highest BCUT2D eigenvalue weighted by Crippen LogP contribution is 2.40. The van der Waals surface area contributed by atoms with Gasteiger partial charge in [0.2, 0.25) is 0 Å². The van der Waals surface area contributed by atoms with E-state index in [-0.39, 0.29) is 17.9 Å². The first kappa shape index (κ1) is 15.6. The molecule has 0 aliphatic heterocycles. The molecule has 0 saturated heterocycles. The molecular weight excluding hydrogens is 286 g/mol. The third kappa shape index (κ3) is 3.92. The van der Waals surface area contributed by atoms with Crippen LogP contribution < -0.4 is 10.1 Å². The summed E-state index contributed by atoms with van der Waals surface area (Å²) in [6.45, 7) is 0.753. The van der Waals surface area contributed by atoms with Gasteiger partial charge in [-0.15, -0.1) is 0 Å². The maximum atomic E-state index is 12.1. The first-order chi connectivity index (χ1) is 11.3. The summed E-state index contributed by atoms with van der Waals surface area (Å²) in [5, 5.41) is 3.07. The molecular formula is C20H23NO2. The van der Waals surface area contributed by atoms with Crippen molar-refractivity contribution < 1.29 is 9.53 Å². The first-order valence-corrected chi connectivity index (χ1v) is 8.29. The van der Waals surface area contributed by atoms with Gasteiger partial charge in [0.1, 0.15) is 5.75 Å². The van der Waals surface area contributed by atoms with Crippen LogP contribution >= 0.6 is 0 Å². The smallest absolute Gasteiger partial charge is 0.257 e. The maximum absolute atomic E-state index is 12.1. The summed E-state index contributed by atoms with van der Waals surface area (Å²) in [5.41, 5.74) is 1.42. The summed E-state index contributed by atoms with van der Waals surface area (Å²) in [5.74, 6) is 0.664. The number of carbonyl (C=O) groups is 1. The van der Waals surface area contributed by atoms with Gasteiger partial charge in [-0.25, -0.2) is 0 Å². The van der Waals surface area contributed by atoms with E-state index in [4.69, 9.17) is 4.74 Å². The number of rotatable bonds is 6. The molecule has 1 aliphatic rings. The maximum Gasteiger partial charge on any atom is 0.257 e. The van der Waals surface area contributed by atoms with Crippen molar-refractivity contribution in [3.8, 4) is 5.75 Å². The average Bonchev–Trinajstić information content (AvgIpc) is 3.10. The molecule has 0 atom stereocenters. The number of hydrogen-bond donors (Lipinski definition) is 1. The number of para-hydroxylation sites is 1. The Morgan fingerprint density at radius 3 is 2.22 bits per heavy atom. The molecule has 1 saturated carbocycles. The van der Waals surface area contributed by atoms with Crippen molar-refractivity contribution in [2.45, 2.75) is 31.1 Å². The second-order valence-electron chi connectivity index (χ2n) is 6.23. The molecule has 0 unspecified atom stereocenters. The Bertz CT molecular complexity index is 619. The van der Waals surface area contributed by atoms with Crippen molar-refractivity contribution in [3.63, 3.8) is 0 Å². The van der Waals surface area contributed by atoms with Crippen LogP contribution in [0.2, 0.25) is 0 Å². The van der Waals surface area contributed by atoms with Gasteiger partial charge in [-0.3, -0.25) is 4.79 Å². The largest absolute Gasteiger partial charge is 0.484 e. The van der Waals surface area contributed by atoms with Crippen molar-refractivity contribution in [1.82, 2.24) is 5.32 Å². The van der Waals surface area contributed by atoms with E-state index >= 15 is 0 Å². The highest BCUT2D eigenvalue weighted by Gasteiger charge is 2.35. The standard InChI is InChI=1S/C20H23NO2/c22-19(15-23-18-11-5-2-6-12-18)21-16-20(13-7-8-14-20)17-9-3-1-4-10-17/h1-6,9-12H,7-8,13-16H2,(H,21,22). The fraction of sp³-hybridized carbons (Fsp3) is 0.350. The highest BCUT2D eigenvalue weighted by molar-refractivity contribution is 5.77. The van der Waals surface area contributed by atoms with Crippen LogP contribution in [0.3, 0.4) is 0 Å². The van der Waals surface area contributed by atoms with E-state index in [1.807, 2.05) is 36.4 Å². The summed E-state index contributed by atoms with van der Waals surface area (Å²) in [6, 6.07) is 20.0. The van der Waals surface area contributed by atoms with Crippen LogP contribution in [0.5, 0.6) is 5.75 Å². The molecule has 0 heterocycles. The van der Waals surface area contributed by atoms with E-state index < -0.39 is 0 Å². The topological polar surface area (TPSA) is 38.3 Å². The summed E-state index contributed by atoms with van der Waals surface area (Å²) < 4.78 is 5.51. The number of benzene rings is 2. The van der Waals surface area contributed by atoms with Crippen molar-refractivity contribution in [2.75, 3.05) is 13.2 Å². The molecule has 0 radical (unpaired) electrons. The lowest BCUT2D eigenvalue weighted by molar-refractivity contribution is -0.123. The molecule has 23 heavy (non-hydrogen) atoms. The van der Waals surface area contributed by atoms with Crippen LogP contribution in [0.15, 0.2) is 60.7 Å². The van der Waals surface area contributed by atoms with E-state index in [2.05, 4.69) is 29.6 Å². The summed E-state index contributed by atoms with van der Waals surface area (Å²) in [7, 11) is 0. The van der Waals surface area contributed by atoms with Crippen molar-refractivity contribution in [3.05, 3.63) is 66.2 Å². The van der Waals surface area contributed by atoms with Gasteiger partial charge in [0.15, 0.2) is 6.61 Å². The molecule has 3 heteroatoms. The lowest BCUT2D eigenvalue weighted by Crippen LogP contribution is -2.40. The molecule has 2 aromatic rings. The van der Waals surface area contributed by atoms with Crippen molar-refractivity contribution in [1.29, 1.82) is 0 Å². The summed E-state index contributed by atoms with van der Waals surface area (Å²) in [6.07, 6.45) is 4.73. The number of hydrogen-bond acceptors (Lipinski definition) is 2. The van der Waals surface area contributed by atoms with Crippen LogP contribution in [-0.2, 0) is 10.2 Å². The van der Waals surface area contributed by atoms with E-state index in [1.165, 1.54) is 18.4 Å². The molecule has 0 aromatic heterocycles. The molecule has 120 valence electrons. The predicted octanol–water partition coefficient (Wildman–Crippen LogP) is 3.69. The van der Waals surface area contributed by atoms with E-state index in [0.717, 1.165) is 18.6 Å². The monoisotopic (exact) mass is 309 g/mol. The molecule has 3 nitrogen and oxygen atoms in total. The molecule has 3 rings (SSSR count). The quantitative estimate of drug-likeness (QED) is 0.883. The minimum absolute atomic E-state index is 0.0592. The normalized spacial score (nSPS) is 16.0. The Kier molecular flexibility index (Phi) is 4.96. The van der Waals surface area contributed by atoms with Crippen LogP contribution in [0, 0.1) is 0 Å². The van der Waals surface area contributed by atoms with Gasteiger partial charge in [0.25, 0.3) is 5.91 Å². The fourth-order valence-electron chi connectivity index (χ4n) is 3.40.